The van der Waals surface area contributed by atoms with Crippen LogP contribution in [0.1, 0.15) is 5.69 Å². The molecule has 78 valence electrons. The van der Waals surface area contributed by atoms with Gasteiger partial charge in [-0.25, -0.2) is 4.98 Å². The molecule has 0 bridgehead atoms. The van der Waals surface area contributed by atoms with Crippen molar-refractivity contribution in [3.8, 4) is 0 Å². The molecule has 0 atom stereocenters. The maximum atomic E-state index is 4.55. The summed E-state index contributed by atoms with van der Waals surface area (Å²) in [5.74, 6) is 0. The van der Waals surface area contributed by atoms with Crippen LogP contribution in [0, 0.1) is 0 Å². The molecule has 3 heterocycles. The smallest absolute Gasteiger partial charge is 0.192 e. The van der Waals surface area contributed by atoms with Crippen molar-refractivity contribution in [3.05, 3.63) is 66.9 Å². The molecule has 3 nitrogen and oxygen atoms in total. The molecule has 0 unspecified atom stereocenters. The van der Waals surface area contributed by atoms with E-state index in [1.807, 2.05) is 59.4 Å². The number of hydrogen-bond acceptors (Lipinski definition) is 1. The van der Waals surface area contributed by atoms with Gasteiger partial charge in [0.2, 0.25) is 0 Å². The van der Waals surface area contributed by atoms with Gasteiger partial charge in [0.05, 0.1) is 0 Å². The molecule has 0 amide bonds. The SMILES string of the molecule is c1cc[n+](Cc2cn3ccccc3n2)cc1. The zero-order valence-electron chi connectivity index (χ0n) is 8.82. The molecular formula is C13H12N3+. The van der Waals surface area contributed by atoms with Crippen LogP contribution in [0.2, 0.25) is 0 Å². The number of rotatable bonds is 2. The van der Waals surface area contributed by atoms with Crippen LogP contribution in [-0.4, -0.2) is 9.38 Å². The summed E-state index contributed by atoms with van der Waals surface area (Å²) in [6.45, 7) is 0.808. The Balaban J connectivity index is 1.95. The highest BCUT2D eigenvalue weighted by Crippen LogP contribution is 2.03. The van der Waals surface area contributed by atoms with E-state index < -0.39 is 0 Å². The Kier molecular flexibility index (Phi) is 2.14. The summed E-state index contributed by atoms with van der Waals surface area (Å²) in [5.41, 5.74) is 2.07. The van der Waals surface area contributed by atoms with E-state index in [9.17, 15) is 0 Å². The minimum Gasteiger partial charge on any atom is -0.307 e. The molecule has 0 aromatic carbocycles. The highest BCUT2D eigenvalue weighted by Gasteiger charge is 2.05. The van der Waals surface area contributed by atoms with E-state index in [-0.39, 0.29) is 0 Å². The first kappa shape index (κ1) is 9.09. The monoisotopic (exact) mass is 210 g/mol. The first-order valence-corrected chi connectivity index (χ1v) is 5.28. The summed E-state index contributed by atoms with van der Waals surface area (Å²) in [5, 5.41) is 0. The fourth-order valence-corrected chi connectivity index (χ4v) is 1.79. The number of imidazole rings is 1. The predicted molar refractivity (Wildman–Crippen MR) is 60.9 cm³/mol. The second-order valence-electron chi connectivity index (χ2n) is 3.75. The van der Waals surface area contributed by atoms with Gasteiger partial charge in [-0.15, -0.1) is 0 Å². The summed E-state index contributed by atoms with van der Waals surface area (Å²) >= 11 is 0. The molecule has 0 saturated carbocycles. The zero-order valence-corrected chi connectivity index (χ0v) is 8.82. The largest absolute Gasteiger partial charge is 0.307 e. The van der Waals surface area contributed by atoms with Gasteiger partial charge in [0.15, 0.2) is 18.9 Å². The van der Waals surface area contributed by atoms with Gasteiger partial charge in [-0.3, -0.25) is 0 Å². The molecule has 0 aliphatic rings. The molecule has 3 aromatic rings. The molecule has 0 aliphatic carbocycles. The maximum Gasteiger partial charge on any atom is 0.192 e. The third-order valence-corrected chi connectivity index (χ3v) is 2.54. The summed E-state index contributed by atoms with van der Waals surface area (Å²) < 4.78 is 4.15. The van der Waals surface area contributed by atoms with Gasteiger partial charge in [-0.2, -0.15) is 4.57 Å². The number of aromatic nitrogens is 3. The average molecular weight is 210 g/mol. The van der Waals surface area contributed by atoms with Crippen LogP contribution >= 0.6 is 0 Å². The number of pyridine rings is 2. The van der Waals surface area contributed by atoms with Gasteiger partial charge in [0, 0.05) is 24.5 Å². The Hall–Kier alpha value is -2.16. The summed E-state index contributed by atoms with van der Waals surface area (Å²) in [4.78, 5) is 4.55. The minimum atomic E-state index is 0.808. The van der Waals surface area contributed by atoms with Gasteiger partial charge in [0.1, 0.15) is 11.3 Å². The fraction of sp³-hybridized carbons (Fsp3) is 0.0769. The molecule has 3 heteroatoms. The van der Waals surface area contributed by atoms with Crippen molar-refractivity contribution >= 4 is 5.65 Å². The number of hydrogen-bond donors (Lipinski definition) is 0. The van der Waals surface area contributed by atoms with Crippen molar-refractivity contribution < 1.29 is 4.57 Å². The molecule has 0 saturated heterocycles. The van der Waals surface area contributed by atoms with Gasteiger partial charge in [-0.1, -0.05) is 12.1 Å². The van der Waals surface area contributed by atoms with Crippen molar-refractivity contribution in [2.24, 2.45) is 0 Å². The lowest BCUT2D eigenvalue weighted by atomic mass is 10.4. The lowest BCUT2D eigenvalue weighted by Crippen LogP contribution is -2.32. The predicted octanol–water partition coefficient (Wildman–Crippen LogP) is 1.67. The third-order valence-electron chi connectivity index (χ3n) is 2.54. The van der Waals surface area contributed by atoms with Crippen LogP contribution < -0.4 is 4.57 Å². The van der Waals surface area contributed by atoms with Crippen molar-refractivity contribution in [2.75, 3.05) is 0 Å². The van der Waals surface area contributed by atoms with Crippen LogP contribution in [0.15, 0.2) is 61.2 Å². The second-order valence-corrected chi connectivity index (χ2v) is 3.75. The molecule has 3 aromatic heterocycles. The van der Waals surface area contributed by atoms with Crippen molar-refractivity contribution in [1.82, 2.24) is 9.38 Å². The van der Waals surface area contributed by atoms with E-state index >= 15 is 0 Å². The van der Waals surface area contributed by atoms with Crippen LogP contribution in [0.4, 0.5) is 0 Å². The molecule has 0 radical (unpaired) electrons. The van der Waals surface area contributed by atoms with E-state index in [0.29, 0.717) is 0 Å². The van der Waals surface area contributed by atoms with E-state index in [4.69, 9.17) is 0 Å². The minimum absolute atomic E-state index is 0.808. The fourth-order valence-electron chi connectivity index (χ4n) is 1.79. The average Bonchev–Trinajstić information content (AvgIpc) is 2.72. The van der Waals surface area contributed by atoms with Crippen molar-refractivity contribution in [1.29, 1.82) is 0 Å². The van der Waals surface area contributed by atoms with E-state index in [1.165, 1.54) is 0 Å². The first-order valence-electron chi connectivity index (χ1n) is 5.28. The quantitative estimate of drug-likeness (QED) is 0.589. The summed E-state index contributed by atoms with van der Waals surface area (Å²) in [6, 6.07) is 12.1. The summed E-state index contributed by atoms with van der Waals surface area (Å²) in [6.07, 6.45) is 8.17. The zero-order chi connectivity index (χ0) is 10.8. The van der Waals surface area contributed by atoms with Crippen LogP contribution in [0.3, 0.4) is 0 Å². The number of fused-ring (bicyclic) bond motifs is 1. The van der Waals surface area contributed by atoms with Crippen molar-refractivity contribution in [3.63, 3.8) is 0 Å². The standard InChI is InChI=1S/C13H12N3/c1-3-7-15(8-4-1)10-12-11-16-9-5-2-6-13(16)14-12/h1-9,11H,10H2/q+1. The highest BCUT2D eigenvalue weighted by atomic mass is 15.0. The second kappa shape index (κ2) is 3.77. The van der Waals surface area contributed by atoms with Crippen LogP contribution in [-0.2, 0) is 6.54 Å². The van der Waals surface area contributed by atoms with Gasteiger partial charge in [0.25, 0.3) is 0 Å². The van der Waals surface area contributed by atoms with Gasteiger partial charge in [-0.05, 0) is 12.1 Å². The molecule has 0 fully saturated rings. The van der Waals surface area contributed by atoms with Crippen LogP contribution in [0.25, 0.3) is 5.65 Å². The Morgan fingerprint density at radius 3 is 2.75 bits per heavy atom. The third kappa shape index (κ3) is 1.67. The van der Waals surface area contributed by atoms with Crippen LogP contribution in [0.5, 0.6) is 0 Å². The first-order chi connectivity index (χ1) is 7.92. The summed E-state index contributed by atoms with van der Waals surface area (Å²) in [7, 11) is 0. The molecule has 0 N–H and O–H groups in total. The lowest BCUT2D eigenvalue weighted by Gasteiger charge is -1.90. The maximum absolute atomic E-state index is 4.55. The Morgan fingerprint density at radius 2 is 1.94 bits per heavy atom. The van der Waals surface area contributed by atoms with E-state index in [2.05, 4.69) is 15.7 Å². The topological polar surface area (TPSA) is 21.2 Å². The van der Waals surface area contributed by atoms with Crippen molar-refractivity contribution in [2.45, 2.75) is 6.54 Å². The van der Waals surface area contributed by atoms with E-state index in [1.54, 1.807) is 0 Å². The molecule has 3 rings (SSSR count). The lowest BCUT2D eigenvalue weighted by molar-refractivity contribution is -0.688. The number of nitrogens with zero attached hydrogens (tertiary/aromatic N) is 3. The Morgan fingerprint density at radius 1 is 1.06 bits per heavy atom. The molecule has 0 aliphatic heterocycles. The van der Waals surface area contributed by atoms with Gasteiger partial charge < -0.3 is 4.40 Å². The molecular weight excluding hydrogens is 198 g/mol. The van der Waals surface area contributed by atoms with E-state index in [0.717, 1.165) is 17.9 Å². The normalized spacial score (nSPS) is 10.8. The highest BCUT2D eigenvalue weighted by molar-refractivity contribution is 5.39. The molecule has 16 heavy (non-hydrogen) atoms. The Bertz CT molecular complexity index is 566. The molecule has 0 spiro atoms. The Labute approximate surface area is 93.6 Å². The van der Waals surface area contributed by atoms with Gasteiger partial charge >= 0.3 is 0 Å².